The number of rotatable bonds is 3. The fraction of sp³-hybridized carbons (Fsp3) is 0.455. The van der Waals surface area contributed by atoms with Crippen molar-refractivity contribution in [1.29, 1.82) is 0 Å². The van der Waals surface area contributed by atoms with Crippen molar-refractivity contribution in [1.82, 2.24) is 0 Å². The SMILES string of the molecule is COC1CN(c2ccccc2CO)C1. The minimum absolute atomic E-state index is 0.102. The van der Waals surface area contributed by atoms with E-state index in [0.717, 1.165) is 24.3 Å². The molecule has 0 amide bonds. The topological polar surface area (TPSA) is 32.7 Å². The van der Waals surface area contributed by atoms with E-state index in [9.17, 15) is 0 Å². The molecule has 0 unspecified atom stereocenters. The molecule has 3 heteroatoms. The number of benzene rings is 1. The second-order valence-electron chi connectivity index (χ2n) is 3.55. The van der Waals surface area contributed by atoms with Gasteiger partial charge in [0.25, 0.3) is 0 Å². The molecule has 1 heterocycles. The van der Waals surface area contributed by atoms with Crippen molar-refractivity contribution in [2.45, 2.75) is 12.7 Å². The number of aliphatic hydroxyl groups is 1. The minimum Gasteiger partial charge on any atom is -0.392 e. The van der Waals surface area contributed by atoms with Crippen LogP contribution in [0.1, 0.15) is 5.56 Å². The molecule has 1 aromatic carbocycles. The summed E-state index contributed by atoms with van der Waals surface area (Å²) >= 11 is 0. The smallest absolute Gasteiger partial charge is 0.0920 e. The van der Waals surface area contributed by atoms with E-state index in [4.69, 9.17) is 9.84 Å². The summed E-state index contributed by atoms with van der Waals surface area (Å²) in [6, 6.07) is 7.93. The molecule has 2 rings (SSSR count). The van der Waals surface area contributed by atoms with Gasteiger partial charge >= 0.3 is 0 Å². The molecule has 1 aliphatic heterocycles. The maximum atomic E-state index is 9.15. The predicted octanol–water partition coefficient (Wildman–Crippen LogP) is 1.01. The van der Waals surface area contributed by atoms with Crippen LogP contribution in [0, 0.1) is 0 Å². The Kier molecular flexibility index (Phi) is 2.70. The lowest BCUT2D eigenvalue weighted by atomic mass is 10.1. The monoisotopic (exact) mass is 193 g/mol. The van der Waals surface area contributed by atoms with Crippen molar-refractivity contribution in [3.05, 3.63) is 29.8 Å². The van der Waals surface area contributed by atoms with Gasteiger partial charge in [-0.1, -0.05) is 18.2 Å². The largest absolute Gasteiger partial charge is 0.392 e. The first-order valence-electron chi connectivity index (χ1n) is 4.81. The van der Waals surface area contributed by atoms with Crippen molar-refractivity contribution < 1.29 is 9.84 Å². The molecule has 0 aliphatic carbocycles. The maximum Gasteiger partial charge on any atom is 0.0920 e. The molecule has 1 fully saturated rings. The van der Waals surface area contributed by atoms with Gasteiger partial charge in [0.15, 0.2) is 0 Å². The van der Waals surface area contributed by atoms with E-state index in [1.54, 1.807) is 7.11 Å². The molecule has 76 valence electrons. The summed E-state index contributed by atoms with van der Waals surface area (Å²) < 4.78 is 5.21. The summed E-state index contributed by atoms with van der Waals surface area (Å²) in [5.41, 5.74) is 2.12. The lowest BCUT2D eigenvalue weighted by molar-refractivity contribution is 0.0785. The summed E-state index contributed by atoms with van der Waals surface area (Å²) in [4.78, 5) is 2.22. The van der Waals surface area contributed by atoms with Gasteiger partial charge in [0.2, 0.25) is 0 Å². The fourth-order valence-corrected chi connectivity index (χ4v) is 1.74. The quantitative estimate of drug-likeness (QED) is 0.777. The summed E-state index contributed by atoms with van der Waals surface area (Å²) in [7, 11) is 1.74. The molecule has 0 saturated carbocycles. The first-order valence-corrected chi connectivity index (χ1v) is 4.81. The molecule has 3 nitrogen and oxygen atoms in total. The van der Waals surface area contributed by atoms with Crippen LogP contribution in [0.15, 0.2) is 24.3 Å². The van der Waals surface area contributed by atoms with E-state index in [2.05, 4.69) is 4.90 Å². The van der Waals surface area contributed by atoms with Crippen LogP contribution in [0.4, 0.5) is 5.69 Å². The Morgan fingerprint density at radius 1 is 1.43 bits per heavy atom. The van der Waals surface area contributed by atoms with Gasteiger partial charge in [-0.2, -0.15) is 0 Å². The Bertz CT molecular complexity index is 308. The number of anilines is 1. The number of hydrogen-bond donors (Lipinski definition) is 1. The second-order valence-corrected chi connectivity index (χ2v) is 3.55. The zero-order valence-electron chi connectivity index (χ0n) is 8.31. The van der Waals surface area contributed by atoms with E-state index in [0.29, 0.717) is 6.10 Å². The lowest BCUT2D eigenvalue weighted by Gasteiger charge is -2.40. The van der Waals surface area contributed by atoms with Crippen LogP contribution in [-0.4, -0.2) is 31.4 Å². The van der Waals surface area contributed by atoms with E-state index in [-0.39, 0.29) is 6.61 Å². The highest BCUT2D eigenvalue weighted by Gasteiger charge is 2.27. The summed E-state index contributed by atoms with van der Waals surface area (Å²) in [5.74, 6) is 0. The third-order valence-electron chi connectivity index (χ3n) is 2.68. The first kappa shape index (κ1) is 9.49. The van der Waals surface area contributed by atoms with Crippen LogP contribution in [0.25, 0.3) is 0 Å². The molecular formula is C11H15NO2. The molecule has 1 aliphatic rings. The lowest BCUT2D eigenvalue weighted by Crippen LogP contribution is -2.52. The third kappa shape index (κ3) is 1.61. The number of methoxy groups -OCH3 is 1. The first-order chi connectivity index (χ1) is 6.85. The number of aliphatic hydroxyl groups excluding tert-OH is 1. The molecule has 0 radical (unpaired) electrons. The van der Waals surface area contributed by atoms with Gasteiger partial charge in [0.05, 0.1) is 12.7 Å². The van der Waals surface area contributed by atoms with Crippen LogP contribution >= 0.6 is 0 Å². The van der Waals surface area contributed by atoms with Crippen LogP contribution in [0.3, 0.4) is 0 Å². The Morgan fingerprint density at radius 3 is 2.79 bits per heavy atom. The van der Waals surface area contributed by atoms with Crippen molar-refractivity contribution >= 4 is 5.69 Å². The molecule has 0 spiro atoms. The predicted molar refractivity (Wildman–Crippen MR) is 55.4 cm³/mol. The highest BCUT2D eigenvalue weighted by atomic mass is 16.5. The molecule has 1 aromatic rings. The minimum atomic E-state index is 0.102. The van der Waals surface area contributed by atoms with Crippen LogP contribution in [0.2, 0.25) is 0 Å². The van der Waals surface area contributed by atoms with Gasteiger partial charge in [0, 0.05) is 31.5 Å². The van der Waals surface area contributed by atoms with Crippen LogP contribution in [-0.2, 0) is 11.3 Å². The van der Waals surface area contributed by atoms with E-state index in [1.165, 1.54) is 0 Å². The molecule has 0 atom stereocenters. The van der Waals surface area contributed by atoms with Gasteiger partial charge in [-0.3, -0.25) is 0 Å². The van der Waals surface area contributed by atoms with E-state index in [1.807, 2.05) is 24.3 Å². The highest BCUT2D eigenvalue weighted by molar-refractivity contribution is 5.55. The maximum absolute atomic E-state index is 9.15. The Hall–Kier alpha value is -1.06. The average Bonchev–Trinajstić information content (AvgIpc) is 2.17. The summed E-state index contributed by atoms with van der Waals surface area (Å²) in [6.45, 7) is 1.95. The van der Waals surface area contributed by atoms with Crippen LogP contribution < -0.4 is 4.90 Å². The van der Waals surface area contributed by atoms with E-state index < -0.39 is 0 Å². The van der Waals surface area contributed by atoms with Crippen LogP contribution in [0.5, 0.6) is 0 Å². The van der Waals surface area contributed by atoms with E-state index >= 15 is 0 Å². The Morgan fingerprint density at radius 2 is 2.14 bits per heavy atom. The molecule has 14 heavy (non-hydrogen) atoms. The highest BCUT2D eigenvalue weighted by Crippen LogP contribution is 2.25. The second kappa shape index (κ2) is 3.98. The van der Waals surface area contributed by atoms with Gasteiger partial charge in [-0.25, -0.2) is 0 Å². The Labute approximate surface area is 83.9 Å². The van der Waals surface area contributed by atoms with Gasteiger partial charge in [0.1, 0.15) is 0 Å². The third-order valence-corrected chi connectivity index (χ3v) is 2.68. The standard InChI is InChI=1S/C11H15NO2/c1-14-10-6-12(7-10)11-5-3-2-4-9(11)8-13/h2-5,10,13H,6-8H2,1H3. The number of hydrogen-bond acceptors (Lipinski definition) is 3. The summed E-state index contributed by atoms with van der Waals surface area (Å²) in [6.07, 6.45) is 0.349. The molecular weight excluding hydrogens is 178 g/mol. The number of nitrogens with zero attached hydrogens (tertiary/aromatic N) is 1. The van der Waals surface area contributed by atoms with Crippen molar-refractivity contribution in [3.8, 4) is 0 Å². The van der Waals surface area contributed by atoms with Gasteiger partial charge in [-0.15, -0.1) is 0 Å². The van der Waals surface area contributed by atoms with Gasteiger partial charge in [-0.05, 0) is 6.07 Å². The zero-order chi connectivity index (χ0) is 9.97. The molecule has 1 saturated heterocycles. The number of para-hydroxylation sites is 1. The normalized spacial score (nSPS) is 16.9. The van der Waals surface area contributed by atoms with Crippen molar-refractivity contribution in [2.24, 2.45) is 0 Å². The summed E-state index contributed by atoms with van der Waals surface area (Å²) in [5, 5.41) is 9.15. The van der Waals surface area contributed by atoms with Crippen molar-refractivity contribution in [2.75, 3.05) is 25.1 Å². The molecule has 0 bridgehead atoms. The van der Waals surface area contributed by atoms with Crippen molar-refractivity contribution in [3.63, 3.8) is 0 Å². The zero-order valence-corrected chi connectivity index (χ0v) is 8.31. The number of ether oxygens (including phenoxy) is 1. The average molecular weight is 193 g/mol. The van der Waals surface area contributed by atoms with Gasteiger partial charge < -0.3 is 14.7 Å². The molecule has 1 N–H and O–H groups in total. The Balaban J connectivity index is 2.10. The molecule has 0 aromatic heterocycles. The fourth-order valence-electron chi connectivity index (χ4n) is 1.74.